The van der Waals surface area contributed by atoms with Gasteiger partial charge in [-0.05, 0) is 24.3 Å². The monoisotopic (exact) mass is 378 g/mol. The lowest BCUT2D eigenvalue weighted by atomic mass is 10.1. The molecule has 0 atom stereocenters. The Morgan fingerprint density at radius 1 is 0.962 bits per heavy atom. The van der Waals surface area contributed by atoms with Crippen molar-refractivity contribution in [2.45, 2.75) is 0 Å². The van der Waals surface area contributed by atoms with Crippen LogP contribution in [0.25, 0.3) is 6.08 Å². The van der Waals surface area contributed by atoms with Crippen LogP contribution in [0.4, 0.5) is 5.69 Å². The molecule has 0 spiro atoms. The van der Waals surface area contributed by atoms with Crippen LogP contribution < -0.4 is 23.7 Å². The Morgan fingerprint density at radius 2 is 1.62 bits per heavy atom. The SMILES string of the molecule is COc1[c]cc(NS(=O)(=O)/C=C/c2c(OC)cc(OC)cc2OC)cc1. The van der Waals surface area contributed by atoms with Crippen LogP contribution >= 0.6 is 0 Å². The maximum Gasteiger partial charge on any atom is 0.255 e. The van der Waals surface area contributed by atoms with Gasteiger partial charge in [0.1, 0.15) is 23.0 Å². The molecule has 1 N–H and O–H groups in total. The molecule has 0 heterocycles. The Balaban J connectivity index is 2.29. The second-order valence-electron chi connectivity index (χ2n) is 5.04. The Labute approximate surface area is 153 Å². The van der Waals surface area contributed by atoms with Gasteiger partial charge in [0, 0.05) is 23.9 Å². The zero-order valence-corrected chi connectivity index (χ0v) is 15.7. The molecule has 2 rings (SSSR count). The predicted octanol–water partition coefficient (Wildman–Crippen LogP) is 2.93. The highest BCUT2D eigenvalue weighted by Gasteiger charge is 2.13. The zero-order chi connectivity index (χ0) is 19.2. The van der Waals surface area contributed by atoms with Crippen LogP contribution in [-0.2, 0) is 10.0 Å². The summed E-state index contributed by atoms with van der Waals surface area (Å²) >= 11 is 0. The van der Waals surface area contributed by atoms with E-state index >= 15 is 0 Å². The third kappa shape index (κ3) is 4.82. The van der Waals surface area contributed by atoms with Crippen molar-refractivity contribution in [2.75, 3.05) is 33.2 Å². The summed E-state index contributed by atoms with van der Waals surface area (Å²) in [5, 5.41) is 1.03. The second kappa shape index (κ2) is 8.48. The first-order valence-corrected chi connectivity index (χ1v) is 9.03. The number of benzene rings is 2. The first-order chi connectivity index (χ1) is 12.4. The van der Waals surface area contributed by atoms with E-state index < -0.39 is 10.0 Å². The van der Waals surface area contributed by atoms with Gasteiger partial charge in [-0.15, -0.1) is 0 Å². The van der Waals surface area contributed by atoms with Gasteiger partial charge in [0.2, 0.25) is 0 Å². The Morgan fingerprint density at radius 3 is 2.08 bits per heavy atom. The number of sulfonamides is 1. The number of anilines is 1. The molecule has 0 aliphatic carbocycles. The van der Waals surface area contributed by atoms with Gasteiger partial charge < -0.3 is 18.9 Å². The van der Waals surface area contributed by atoms with Crippen LogP contribution in [0.2, 0.25) is 0 Å². The lowest BCUT2D eigenvalue weighted by Crippen LogP contribution is -2.08. The van der Waals surface area contributed by atoms with E-state index in [1.807, 2.05) is 0 Å². The van der Waals surface area contributed by atoms with Crippen LogP contribution in [0, 0.1) is 6.07 Å². The number of methoxy groups -OCH3 is 4. The molecule has 0 bridgehead atoms. The first kappa shape index (κ1) is 19.5. The molecule has 0 fully saturated rings. The van der Waals surface area contributed by atoms with Gasteiger partial charge >= 0.3 is 0 Å². The van der Waals surface area contributed by atoms with E-state index in [1.54, 1.807) is 24.3 Å². The number of hydrogen-bond donors (Lipinski definition) is 1. The molecule has 0 aliphatic heterocycles. The molecule has 0 aliphatic rings. The van der Waals surface area contributed by atoms with Crippen LogP contribution in [0.3, 0.4) is 0 Å². The Kier molecular flexibility index (Phi) is 6.35. The van der Waals surface area contributed by atoms with Crippen LogP contribution in [-0.4, -0.2) is 36.9 Å². The maximum atomic E-state index is 12.3. The molecule has 0 saturated carbocycles. The smallest absolute Gasteiger partial charge is 0.255 e. The van der Waals surface area contributed by atoms with Gasteiger partial charge in [-0.25, -0.2) is 8.42 Å². The van der Waals surface area contributed by atoms with Gasteiger partial charge in [0.25, 0.3) is 10.0 Å². The van der Waals surface area contributed by atoms with E-state index in [0.29, 0.717) is 34.2 Å². The van der Waals surface area contributed by atoms with Crippen molar-refractivity contribution in [3.05, 3.63) is 47.4 Å². The maximum absolute atomic E-state index is 12.3. The summed E-state index contributed by atoms with van der Waals surface area (Å²) < 4.78 is 47.8. The lowest BCUT2D eigenvalue weighted by molar-refractivity contribution is 0.374. The van der Waals surface area contributed by atoms with Crippen LogP contribution in [0.5, 0.6) is 23.0 Å². The standard InChI is InChI=1S/C18H20NO6S/c1-22-14-7-5-13(6-8-14)19-26(20,21)10-9-16-17(24-3)11-15(23-2)12-18(16)25-4/h5-7,9-12,19H,1-4H3/b10-9+. The molecule has 0 saturated heterocycles. The van der Waals surface area contributed by atoms with Gasteiger partial charge in [0.15, 0.2) is 0 Å². The van der Waals surface area contributed by atoms with E-state index in [4.69, 9.17) is 18.9 Å². The molecule has 139 valence electrons. The third-order valence-corrected chi connectivity index (χ3v) is 4.45. The van der Waals surface area contributed by atoms with Crippen molar-refractivity contribution < 1.29 is 27.4 Å². The van der Waals surface area contributed by atoms with Crippen molar-refractivity contribution in [1.29, 1.82) is 0 Å². The van der Waals surface area contributed by atoms with Crippen LogP contribution in [0.15, 0.2) is 35.7 Å². The van der Waals surface area contributed by atoms with Crippen molar-refractivity contribution >= 4 is 21.8 Å². The Hall–Kier alpha value is -2.87. The summed E-state index contributed by atoms with van der Waals surface area (Å²) in [7, 11) is 2.23. The second-order valence-corrected chi connectivity index (χ2v) is 6.61. The molecule has 8 heteroatoms. The number of ether oxygens (including phenoxy) is 4. The molecular weight excluding hydrogens is 358 g/mol. The van der Waals surface area contributed by atoms with E-state index in [-0.39, 0.29) is 0 Å². The molecule has 2 aromatic rings. The van der Waals surface area contributed by atoms with Crippen molar-refractivity contribution in [3.8, 4) is 23.0 Å². The quantitative estimate of drug-likeness (QED) is 0.760. The van der Waals surface area contributed by atoms with Crippen molar-refractivity contribution in [1.82, 2.24) is 0 Å². The van der Waals surface area contributed by atoms with Gasteiger partial charge in [0.05, 0.1) is 39.4 Å². The summed E-state index contributed by atoms with van der Waals surface area (Å²) in [6.07, 6.45) is 1.40. The van der Waals surface area contributed by atoms with E-state index in [9.17, 15) is 8.42 Å². The number of rotatable bonds is 8. The van der Waals surface area contributed by atoms with Gasteiger partial charge in [-0.2, -0.15) is 0 Å². The van der Waals surface area contributed by atoms with E-state index in [0.717, 1.165) is 5.41 Å². The van der Waals surface area contributed by atoms with Crippen LogP contribution in [0.1, 0.15) is 5.56 Å². The highest BCUT2D eigenvalue weighted by atomic mass is 32.2. The molecule has 0 unspecified atom stereocenters. The fourth-order valence-corrected chi connectivity index (χ4v) is 2.99. The number of nitrogens with one attached hydrogen (secondary N) is 1. The van der Waals surface area contributed by atoms with E-state index in [1.165, 1.54) is 40.6 Å². The van der Waals surface area contributed by atoms with Gasteiger partial charge in [-0.1, -0.05) is 0 Å². The minimum atomic E-state index is -3.75. The predicted molar refractivity (Wildman–Crippen MR) is 99.5 cm³/mol. The highest BCUT2D eigenvalue weighted by Crippen LogP contribution is 2.35. The van der Waals surface area contributed by atoms with E-state index in [2.05, 4.69) is 10.8 Å². The molecule has 1 radical (unpaired) electrons. The first-order valence-electron chi connectivity index (χ1n) is 7.49. The average Bonchev–Trinajstić information content (AvgIpc) is 2.65. The fraction of sp³-hybridized carbons (Fsp3) is 0.222. The molecule has 26 heavy (non-hydrogen) atoms. The third-order valence-electron chi connectivity index (χ3n) is 3.43. The minimum absolute atomic E-state index is 0.365. The zero-order valence-electron chi connectivity index (χ0n) is 14.9. The Bertz CT molecular complexity index is 850. The molecular formula is C18H20NO6S. The number of hydrogen-bond acceptors (Lipinski definition) is 6. The average molecular weight is 378 g/mol. The molecule has 0 aromatic heterocycles. The summed E-state index contributed by atoms with van der Waals surface area (Å²) in [6.45, 7) is 0. The summed E-state index contributed by atoms with van der Waals surface area (Å²) in [5.41, 5.74) is 0.839. The molecule has 0 amide bonds. The highest BCUT2D eigenvalue weighted by molar-refractivity contribution is 7.95. The van der Waals surface area contributed by atoms with Crippen molar-refractivity contribution in [2.24, 2.45) is 0 Å². The summed E-state index contributed by atoms with van der Waals surface area (Å²) in [4.78, 5) is 0. The molecule has 7 nitrogen and oxygen atoms in total. The minimum Gasteiger partial charge on any atom is -0.496 e. The van der Waals surface area contributed by atoms with Gasteiger partial charge in [-0.3, -0.25) is 4.72 Å². The van der Waals surface area contributed by atoms with Crippen molar-refractivity contribution in [3.63, 3.8) is 0 Å². The topological polar surface area (TPSA) is 83.1 Å². The molecule has 2 aromatic carbocycles. The largest absolute Gasteiger partial charge is 0.496 e. The summed E-state index contributed by atoms with van der Waals surface area (Å²) in [6, 6.07) is 10.8. The normalized spacial score (nSPS) is 11.2. The summed E-state index contributed by atoms with van der Waals surface area (Å²) in [5.74, 6) is 1.89. The fourth-order valence-electron chi connectivity index (χ4n) is 2.15. The lowest BCUT2D eigenvalue weighted by Gasteiger charge is -2.12.